The topological polar surface area (TPSA) is 137 Å². The van der Waals surface area contributed by atoms with Gasteiger partial charge in [0.1, 0.15) is 5.72 Å². The normalized spacial score (nSPS) is 20.5. The van der Waals surface area contributed by atoms with Crippen molar-refractivity contribution in [3.63, 3.8) is 0 Å². The predicted octanol–water partition coefficient (Wildman–Crippen LogP) is 2.26. The Morgan fingerprint density at radius 3 is 2.88 bits per heavy atom. The molecule has 1 fully saturated rings. The molecule has 4 N–H and O–H groups in total. The first kappa shape index (κ1) is 20.5. The van der Waals surface area contributed by atoms with Crippen molar-refractivity contribution >= 4 is 28.0 Å². The zero-order valence-electron chi connectivity index (χ0n) is 18.1. The molecule has 1 aromatic carbocycles. The summed E-state index contributed by atoms with van der Waals surface area (Å²) >= 11 is 0. The highest BCUT2D eigenvalue weighted by Gasteiger charge is 2.35. The van der Waals surface area contributed by atoms with Crippen LogP contribution in [0.1, 0.15) is 26.2 Å². The smallest absolute Gasteiger partial charge is 0.224 e. The second kappa shape index (κ2) is 7.95. The van der Waals surface area contributed by atoms with Crippen LogP contribution in [0.4, 0.5) is 5.95 Å². The Labute approximate surface area is 184 Å². The van der Waals surface area contributed by atoms with Crippen molar-refractivity contribution in [2.24, 2.45) is 17.6 Å². The second-order valence-electron chi connectivity index (χ2n) is 8.62. The molecule has 0 spiro atoms. The molecule has 10 nitrogen and oxygen atoms in total. The summed E-state index contributed by atoms with van der Waals surface area (Å²) < 4.78 is 6.89. The molecular formula is C22H26N8O2. The van der Waals surface area contributed by atoms with Gasteiger partial charge in [0.25, 0.3) is 0 Å². The number of fused-ring (bicyclic) bond motifs is 2. The van der Waals surface area contributed by atoms with E-state index in [2.05, 4.69) is 30.6 Å². The van der Waals surface area contributed by atoms with Crippen molar-refractivity contribution in [2.45, 2.75) is 31.9 Å². The monoisotopic (exact) mass is 434 g/mol. The van der Waals surface area contributed by atoms with E-state index in [1.54, 1.807) is 24.9 Å². The third-order valence-corrected chi connectivity index (χ3v) is 6.21. The van der Waals surface area contributed by atoms with Gasteiger partial charge in [-0.15, -0.1) is 5.10 Å². The summed E-state index contributed by atoms with van der Waals surface area (Å²) in [6, 6.07) is 9.62. The van der Waals surface area contributed by atoms with E-state index in [0.29, 0.717) is 28.9 Å². The number of aromatic nitrogens is 6. The van der Waals surface area contributed by atoms with Crippen LogP contribution in [0.15, 0.2) is 36.5 Å². The van der Waals surface area contributed by atoms with E-state index in [0.717, 1.165) is 42.4 Å². The van der Waals surface area contributed by atoms with E-state index in [4.69, 9.17) is 10.5 Å². The van der Waals surface area contributed by atoms with Crippen LogP contribution in [0.25, 0.3) is 27.8 Å². The highest BCUT2D eigenvalue weighted by molar-refractivity contribution is 5.82. The molecule has 10 heteroatoms. The highest BCUT2D eigenvalue weighted by atomic mass is 16.5. The van der Waals surface area contributed by atoms with Crippen molar-refractivity contribution < 1.29 is 9.84 Å². The van der Waals surface area contributed by atoms with Crippen molar-refractivity contribution in [3.8, 4) is 11.6 Å². The van der Waals surface area contributed by atoms with Crippen LogP contribution in [-0.4, -0.2) is 54.4 Å². The van der Waals surface area contributed by atoms with Crippen LogP contribution in [0.3, 0.4) is 0 Å². The van der Waals surface area contributed by atoms with Gasteiger partial charge in [-0.25, -0.2) is 9.97 Å². The van der Waals surface area contributed by atoms with Gasteiger partial charge < -0.3 is 20.9 Å². The van der Waals surface area contributed by atoms with Gasteiger partial charge in [0.05, 0.1) is 24.5 Å². The SMILES string of the molecule is COc1ccc2cc(-n3nnc4cnc(NCC5CC[C@@H](C(C)(N)O)C5)nc43)ccc2n1. The van der Waals surface area contributed by atoms with Crippen LogP contribution in [-0.2, 0) is 0 Å². The molecule has 3 heterocycles. The summed E-state index contributed by atoms with van der Waals surface area (Å²) in [6.07, 6.45) is 4.50. The number of hydrogen-bond acceptors (Lipinski definition) is 9. The van der Waals surface area contributed by atoms with Crippen molar-refractivity contribution in [3.05, 3.63) is 36.5 Å². The fourth-order valence-corrected chi connectivity index (χ4v) is 4.35. The maximum atomic E-state index is 10.1. The Morgan fingerprint density at radius 2 is 2.09 bits per heavy atom. The summed E-state index contributed by atoms with van der Waals surface area (Å²) in [5.74, 6) is 1.63. The molecule has 5 rings (SSSR count). The molecular weight excluding hydrogens is 408 g/mol. The van der Waals surface area contributed by atoms with Crippen molar-refractivity contribution in [1.29, 1.82) is 0 Å². The van der Waals surface area contributed by atoms with E-state index in [1.165, 1.54) is 0 Å². The molecule has 3 atom stereocenters. The maximum Gasteiger partial charge on any atom is 0.224 e. The number of pyridine rings is 1. The summed E-state index contributed by atoms with van der Waals surface area (Å²) in [5.41, 5.74) is 7.65. The minimum absolute atomic E-state index is 0.116. The molecule has 2 unspecified atom stereocenters. The molecule has 0 aliphatic heterocycles. The lowest BCUT2D eigenvalue weighted by Gasteiger charge is -2.25. The lowest BCUT2D eigenvalue weighted by Crippen LogP contribution is -2.42. The first-order valence-corrected chi connectivity index (χ1v) is 10.7. The van der Waals surface area contributed by atoms with E-state index in [1.807, 2.05) is 30.3 Å². The third-order valence-electron chi connectivity index (χ3n) is 6.21. The molecule has 32 heavy (non-hydrogen) atoms. The quantitative estimate of drug-likeness (QED) is 0.390. The van der Waals surface area contributed by atoms with Gasteiger partial charge >= 0.3 is 0 Å². The average Bonchev–Trinajstić information content (AvgIpc) is 3.44. The van der Waals surface area contributed by atoms with E-state index in [9.17, 15) is 5.11 Å². The standard InChI is InChI=1S/C22H26N8O2/c1-22(23,31)15-5-3-13(9-15)11-24-21-25-12-18-20(27-21)30(29-28-18)16-6-7-17-14(10-16)4-8-19(26-17)32-2/h4,6-8,10,12-13,15,31H,3,5,9,11,23H2,1-2H3,(H,24,25,27)/t13?,15-,22?/m1/s1. The summed E-state index contributed by atoms with van der Waals surface area (Å²) in [5, 5.41) is 22.8. The zero-order valence-corrected chi connectivity index (χ0v) is 18.1. The van der Waals surface area contributed by atoms with Crippen molar-refractivity contribution in [1.82, 2.24) is 29.9 Å². The number of methoxy groups -OCH3 is 1. The Balaban J connectivity index is 1.37. The number of benzene rings is 1. The number of aliphatic hydroxyl groups is 1. The molecule has 0 saturated heterocycles. The number of hydrogen-bond donors (Lipinski definition) is 3. The average molecular weight is 435 g/mol. The number of nitrogens with zero attached hydrogens (tertiary/aromatic N) is 6. The fraction of sp³-hybridized carbons (Fsp3) is 0.409. The third kappa shape index (κ3) is 3.94. The van der Waals surface area contributed by atoms with Crippen LogP contribution >= 0.6 is 0 Å². The van der Waals surface area contributed by atoms with Gasteiger partial charge in [-0.3, -0.25) is 0 Å². The molecule has 166 valence electrons. The largest absolute Gasteiger partial charge is 0.481 e. The van der Waals surface area contributed by atoms with Crippen LogP contribution in [0.2, 0.25) is 0 Å². The highest BCUT2D eigenvalue weighted by Crippen LogP contribution is 2.35. The minimum Gasteiger partial charge on any atom is -0.481 e. The summed E-state index contributed by atoms with van der Waals surface area (Å²) in [6.45, 7) is 2.40. The van der Waals surface area contributed by atoms with Gasteiger partial charge in [0.15, 0.2) is 11.2 Å². The first-order chi connectivity index (χ1) is 15.4. The Hall–Kier alpha value is -3.37. The number of nitrogens with two attached hydrogens (primary N) is 1. The number of nitrogens with one attached hydrogen (secondary N) is 1. The lowest BCUT2D eigenvalue weighted by atomic mass is 9.95. The predicted molar refractivity (Wildman–Crippen MR) is 120 cm³/mol. The number of anilines is 1. The zero-order chi connectivity index (χ0) is 22.3. The Kier molecular flexibility index (Phi) is 5.10. The molecule has 1 aliphatic carbocycles. The number of rotatable bonds is 6. The van der Waals surface area contributed by atoms with Crippen LogP contribution in [0, 0.1) is 11.8 Å². The molecule has 1 aliphatic rings. The maximum absolute atomic E-state index is 10.1. The molecule has 3 aromatic heterocycles. The van der Waals surface area contributed by atoms with E-state index >= 15 is 0 Å². The van der Waals surface area contributed by atoms with Gasteiger partial charge in [-0.2, -0.15) is 9.67 Å². The fourth-order valence-electron chi connectivity index (χ4n) is 4.35. The van der Waals surface area contributed by atoms with Gasteiger partial charge in [0, 0.05) is 23.9 Å². The van der Waals surface area contributed by atoms with Crippen LogP contribution < -0.4 is 15.8 Å². The van der Waals surface area contributed by atoms with Gasteiger partial charge in [0.2, 0.25) is 11.8 Å². The first-order valence-electron chi connectivity index (χ1n) is 10.7. The van der Waals surface area contributed by atoms with Crippen molar-refractivity contribution in [2.75, 3.05) is 19.0 Å². The van der Waals surface area contributed by atoms with Crippen LogP contribution in [0.5, 0.6) is 5.88 Å². The number of ether oxygens (including phenoxy) is 1. The lowest BCUT2D eigenvalue weighted by molar-refractivity contribution is 0.00629. The van der Waals surface area contributed by atoms with E-state index < -0.39 is 5.72 Å². The molecule has 1 saturated carbocycles. The molecule has 0 amide bonds. The Bertz CT molecular complexity index is 1270. The van der Waals surface area contributed by atoms with E-state index in [-0.39, 0.29) is 5.92 Å². The molecule has 4 aromatic rings. The second-order valence-corrected chi connectivity index (χ2v) is 8.62. The summed E-state index contributed by atoms with van der Waals surface area (Å²) in [4.78, 5) is 13.5. The summed E-state index contributed by atoms with van der Waals surface area (Å²) in [7, 11) is 1.60. The van der Waals surface area contributed by atoms with Gasteiger partial charge in [-0.05, 0) is 56.4 Å². The molecule has 0 bridgehead atoms. The Morgan fingerprint density at radius 1 is 1.22 bits per heavy atom. The minimum atomic E-state index is -1.12. The van der Waals surface area contributed by atoms with Gasteiger partial charge in [-0.1, -0.05) is 5.21 Å². The molecule has 0 radical (unpaired) electrons.